The third-order valence-electron chi connectivity index (χ3n) is 2.14. The molecule has 1 saturated heterocycles. The molecule has 5 atom stereocenters. The van der Waals surface area contributed by atoms with Crippen LogP contribution in [0.15, 0.2) is 0 Å². The van der Waals surface area contributed by atoms with Crippen LogP contribution in [-0.4, -0.2) is 63.7 Å². The summed E-state index contributed by atoms with van der Waals surface area (Å²) in [6.45, 7) is 0.554. The van der Waals surface area contributed by atoms with Crippen molar-refractivity contribution in [3.05, 3.63) is 0 Å². The predicted octanol–water partition coefficient (Wildman–Crippen LogP) is -2.65. The molecule has 1 aliphatic rings. The van der Waals surface area contributed by atoms with E-state index in [2.05, 4.69) is 9.47 Å². The zero-order valence-electron chi connectivity index (χ0n) is 8.11. The van der Waals surface area contributed by atoms with Crippen LogP contribution >= 0.6 is 0 Å². The minimum atomic E-state index is -1.60. The SMILES string of the molecule is CC(=O)OC1C(O)C(O)OC(CO)C1O. The first kappa shape index (κ1) is 12.3. The monoisotopic (exact) mass is 222 g/mol. The lowest BCUT2D eigenvalue weighted by Gasteiger charge is -2.39. The van der Waals surface area contributed by atoms with Gasteiger partial charge >= 0.3 is 5.97 Å². The zero-order chi connectivity index (χ0) is 11.6. The van der Waals surface area contributed by atoms with Crippen molar-refractivity contribution >= 4 is 5.97 Å². The highest BCUT2D eigenvalue weighted by molar-refractivity contribution is 5.66. The molecular weight excluding hydrogens is 208 g/mol. The van der Waals surface area contributed by atoms with Gasteiger partial charge in [-0.1, -0.05) is 0 Å². The second kappa shape index (κ2) is 4.86. The summed E-state index contributed by atoms with van der Waals surface area (Å²) >= 11 is 0. The standard InChI is InChI=1S/C8H14O7/c1-3(10)14-7-5(11)4(2-9)15-8(13)6(7)12/h4-9,11-13H,2H2,1H3. The Morgan fingerprint density at radius 3 is 2.40 bits per heavy atom. The van der Waals surface area contributed by atoms with Gasteiger partial charge in [0.1, 0.15) is 18.3 Å². The van der Waals surface area contributed by atoms with Crippen LogP contribution in [-0.2, 0) is 14.3 Å². The van der Waals surface area contributed by atoms with E-state index in [1.54, 1.807) is 0 Å². The first-order valence-electron chi connectivity index (χ1n) is 4.45. The molecule has 0 spiro atoms. The number of aliphatic hydroxyl groups excluding tert-OH is 4. The minimum absolute atomic E-state index is 0.553. The van der Waals surface area contributed by atoms with Gasteiger partial charge in [0.05, 0.1) is 6.61 Å². The molecule has 1 heterocycles. The van der Waals surface area contributed by atoms with E-state index in [9.17, 15) is 20.1 Å². The largest absolute Gasteiger partial charge is 0.457 e. The van der Waals surface area contributed by atoms with Crippen LogP contribution in [0.2, 0.25) is 0 Å². The molecule has 15 heavy (non-hydrogen) atoms. The molecule has 7 nitrogen and oxygen atoms in total. The number of rotatable bonds is 2. The molecule has 1 aliphatic heterocycles. The summed E-state index contributed by atoms with van der Waals surface area (Å²) in [4.78, 5) is 10.7. The van der Waals surface area contributed by atoms with E-state index >= 15 is 0 Å². The van der Waals surface area contributed by atoms with Gasteiger partial charge in [0.2, 0.25) is 0 Å². The molecule has 0 saturated carbocycles. The van der Waals surface area contributed by atoms with Crippen molar-refractivity contribution in [2.75, 3.05) is 6.61 Å². The summed E-state index contributed by atoms with van der Waals surface area (Å²) in [5.41, 5.74) is 0. The van der Waals surface area contributed by atoms with Crippen molar-refractivity contribution in [3.8, 4) is 0 Å². The quantitative estimate of drug-likeness (QED) is 0.377. The molecular formula is C8H14O7. The van der Waals surface area contributed by atoms with Crippen LogP contribution in [0.1, 0.15) is 6.92 Å². The smallest absolute Gasteiger partial charge is 0.303 e. The molecule has 0 aromatic rings. The Hall–Kier alpha value is -0.730. The van der Waals surface area contributed by atoms with Gasteiger partial charge in [-0.15, -0.1) is 0 Å². The number of esters is 1. The van der Waals surface area contributed by atoms with Crippen LogP contribution in [0, 0.1) is 0 Å². The Kier molecular flexibility index (Phi) is 4.00. The Balaban J connectivity index is 2.74. The average Bonchev–Trinajstić information content (AvgIpc) is 2.18. The molecule has 0 aromatic heterocycles. The molecule has 0 radical (unpaired) electrons. The topological polar surface area (TPSA) is 116 Å². The van der Waals surface area contributed by atoms with Crippen LogP contribution in [0.5, 0.6) is 0 Å². The number of hydrogen-bond donors (Lipinski definition) is 4. The maximum absolute atomic E-state index is 10.7. The number of carbonyl (C=O) groups excluding carboxylic acids is 1. The molecule has 7 heteroatoms. The maximum Gasteiger partial charge on any atom is 0.303 e. The predicted molar refractivity (Wildman–Crippen MR) is 45.5 cm³/mol. The van der Waals surface area contributed by atoms with E-state index in [-0.39, 0.29) is 0 Å². The second-order valence-electron chi connectivity index (χ2n) is 3.30. The molecule has 1 rings (SSSR count). The summed E-state index contributed by atoms with van der Waals surface area (Å²) in [6.07, 6.45) is -6.91. The van der Waals surface area contributed by atoms with Gasteiger partial charge in [-0.25, -0.2) is 0 Å². The summed E-state index contributed by atoms with van der Waals surface area (Å²) < 4.78 is 9.31. The van der Waals surface area contributed by atoms with Crippen molar-refractivity contribution in [2.45, 2.75) is 37.6 Å². The van der Waals surface area contributed by atoms with Crippen LogP contribution in [0.25, 0.3) is 0 Å². The summed E-state index contributed by atoms with van der Waals surface area (Å²) in [5, 5.41) is 36.9. The highest BCUT2D eigenvalue weighted by atomic mass is 16.7. The highest BCUT2D eigenvalue weighted by Gasteiger charge is 2.45. The molecule has 0 bridgehead atoms. The van der Waals surface area contributed by atoms with Crippen LogP contribution < -0.4 is 0 Å². The van der Waals surface area contributed by atoms with Crippen molar-refractivity contribution in [1.29, 1.82) is 0 Å². The van der Waals surface area contributed by atoms with Crippen molar-refractivity contribution < 1.29 is 34.7 Å². The van der Waals surface area contributed by atoms with Crippen molar-refractivity contribution in [2.24, 2.45) is 0 Å². The van der Waals surface area contributed by atoms with E-state index in [0.29, 0.717) is 0 Å². The molecule has 1 fully saturated rings. The van der Waals surface area contributed by atoms with Gasteiger partial charge in [0, 0.05) is 6.92 Å². The molecule has 88 valence electrons. The lowest BCUT2D eigenvalue weighted by molar-refractivity contribution is -0.289. The molecule has 5 unspecified atom stereocenters. The molecule has 0 aliphatic carbocycles. The fourth-order valence-corrected chi connectivity index (χ4v) is 1.40. The summed E-state index contributed by atoms with van der Waals surface area (Å²) in [5.74, 6) is -0.705. The minimum Gasteiger partial charge on any atom is -0.457 e. The zero-order valence-corrected chi connectivity index (χ0v) is 8.11. The van der Waals surface area contributed by atoms with Crippen molar-refractivity contribution in [3.63, 3.8) is 0 Å². The molecule has 0 aromatic carbocycles. The highest BCUT2D eigenvalue weighted by Crippen LogP contribution is 2.22. The second-order valence-corrected chi connectivity index (χ2v) is 3.30. The number of hydrogen-bond acceptors (Lipinski definition) is 7. The Bertz CT molecular complexity index is 231. The van der Waals surface area contributed by atoms with E-state index in [1.807, 2.05) is 0 Å². The fourth-order valence-electron chi connectivity index (χ4n) is 1.40. The van der Waals surface area contributed by atoms with E-state index in [4.69, 9.17) is 5.11 Å². The van der Waals surface area contributed by atoms with Gasteiger partial charge in [-0.2, -0.15) is 0 Å². The lowest BCUT2D eigenvalue weighted by Crippen LogP contribution is -2.59. The van der Waals surface area contributed by atoms with E-state index < -0.39 is 43.3 Å². The fraction of sp³-hybridized carbons (Fsp3) is 0.875. The first-order valence-corrected chi connectivity index (χ1v) is 4.45. The van der Waals surface area contributed by atoms with Gasteiger partial charge in [0.15, 0.2) is 12.4 Å². The first-order chi connectivity index (χ1) is 6.97. The van der Waals surface area contributed by atoms with E-state index in [1.165, 1.54) is 0 Å². The summed E-state index contributed by atoms with van der Waals surface area (Å²) in [6, 6.07) is 0. The lowest BCUT2D eigenvalue weighted by atomic mass is 9.99. The maximum atomic E-state index is 10.7. The van der Waals surface area contributed by atoms with Gasteiger partial charge in [-0.3, -0.25) is 4.79 Å². The molecule has 4 N–H and O–H groups in total. The Morgan fingerprint density at radius 2 is 1.93 bits per heavy atom. The van der Waals surface area contributed by atoms with Crippen LogP contribution in [0.3, 0.4) is 0 Å². The average molecular weight is 222 g/mol. The van der Waals surface area contributed by atoms with Gasteiger partial charge in [0.25, 0.3) is 0 Å². The Labute approximate surface area is 85.9 Å². The van der Waals surface area contributed by atoms with E-state index in [0.717, 1.165) is 6.92 Å². The number of carbonyl (C=O) groups is 1. The summed E-state index contributed by atoms with van der Waals surface area (Å²) in [7, 11) is 0. The number of ether oxygens (including phenoxy) is 2. The molecule has 0 amide bonds. The number of aliphatic hydroxyl groups is 4. The normalized spacial score (nSPS) is 41.3. The van der Waals surface area contributed by atoms with Gasteiger partial charge in [-0.05, 0) is 0 Å². The third-order valence-corrected chi connectivity index (χ3v) is 2.14. The van der Waals surface area contributed by atoms with Crippen LogP contribution in [0.4, 0.5) is 0 Å². The van der Waals surface area contributed by atoms with Gasteiger partial charge < -0.3 is 29.9 Å². The third kappa shape index (κ3) is 2.64. The Morgan fingerprint density at radius 1 is 1.33 bits per heavy atom. The van der Waals surface area contributed by atoms with Crippen molar-refractivity contribution in [1.82, 2.24) is 0 Å².